The fourth-order valence-corrected chi connectivity index (χ4v) is 4.71. The monoisotopic (exact) mass is 418 g/mol. The lowest BCUT2D eigenvalue weighted by Gasteiger charge is -2.27. The molecule has 3 heterocycles. The van der Waals surface area contributed by atoms with Gasteiger partial charge >= 0.3 is 0 Å². The number of aromatic nitrogens is 3. The Balaban J connectivity index is 1.34. The molecule has 0 unspecified atom stereocenters. The Morgan fingerprint density at radius 3 is 2.80 bits per heavy atom. The summed E-state index contributed by atoms with van der Waals surface area (Å²) in [6.07, 6.45) is 9.03. The number of ether oxygens (including phenoxy) is 1. The Hall–Kier alpha value is -3.03. The Morgan fingerprint density at radius 1 is 1.03 bits per heavy atom. The molecule has 0 saturated heterocycles. The molecule has 3 aromatic heterocycles. The molecule has 0 bridgehead atoms. The summed E-state index contributed by atoms with van der Waals surface area (Å²) in [6, 6.07) is 13.6. The molecule has 1 aromatic carbocycles. The summed E-state index contributed by atoms with van der Waals surface area (Å²) in [5.41, 5.74) is 2.68. The molecule has 2 atom stereocenters. The lowest BCUT2D eigenvalue weighted by Crippen LogP contribution is -2.36. The highest BCUT2D eigenvalue weighted by molar-refractivity contribution is 7.22. The first-order chi connectivity index (χ1) is 14.7. The molecule has 0 radical (unpaired) electrons. The van der Waals surface area contributed by atoms with Crippen LogP contribution in [-0.2, 0) is 0 Å². The molecule has 0 aliphatic heterocycles. The van der Waals surface area contributed by atoms with E-state index in [2.05, 4.69) is 20.3 Å². The van der Waals surface area contributed by atoms with E-state index in [9.17, 15) is 5.11 Å². The molecule has 1 saturated carbocycles. The van der Waals surface area contributed by atoms with Crippen LogP contribution < -0.4 is 10.1 Å². The van der Waals surface area contributed by atoms with Gasteiger partial charge in [0.1, 0.15) is 11.5 Å². The largest absolute Gasteiger partial charge is 0.457 e. The minimum absolute atomic E-state index is 0.0812. The molecular weight excluding hydrogens is 396 g/mol. The van der Waals surface area contributed by atoms with E-state index in [-0.39, 0.29) is 12.1 Å². The van der Waals surface area contributed by atoms with Crippen LogP contribution in [0.1, 0.15) is 25.7 Å². The van der Waals surface area contributed by atoms with Crippen molar-refractivity contribution < 1.29 is 9.84 Å². The van der Waals surface area contributed by atoms with Crippen molar-refractivity contribution in [2.45, 2.75) is 37.8 Å². The number of nitrogens with zero attached hydrogens (tertiary/aromatic N) is 3. The molecular formula is C23H22N4O2S. The molecule has 1 aliphatic carbocycles. The minimum Gasteiger partial charge on any atom is -0.457 e. The third-order valence-electron chi connectivity index (χ3n) is 5.32. The van der Waals surface area contributed by atoms with Gasteiger partial charge in [0.05, 0.1) is 28.1 Å². The maximum absolute atomic E-state index is 10.2. The number of thiazole rings is 1. The summed E-state index contributed by atoms with van der Waals surface area (Å²) in [5, 5.41) is 14.5. The average molecular weight is 419 g/mol. The standard InChI is InChI=1S/C23H22N4O2S/c28-21-6-2-1-5-18(21)26-23-27-19-8-7-16(13-22(19)30-23)29-17-9-11-25-20(12-17)15-4-3-10-24-14-15/h3-4,7-14,18,21,28H,1-2,5-6H2,(H,26,27)/t18-,21-/m1/s1. The third kappa shape index (κ3) is 4.13. The van der Waals surface area contributed by atoms with E-state index >= 15 is 0 Å². The summed E-state index contributed by atoms with van der Waals surface area (Å²) in [7, 11) is 0. The van der Waals surface area contributed by atoms with Crippen LogP contribution >= 0.6 is 11.3 Å². The third-order valence-corrected chi connectivity index (χ3v) is 6.27. The van der Waals surface area contributed by atoms with Crippen molar-refractivity contribution in [2.75, 3.05) is 5.32 Å². The number of benzene rings is 1. The second kappa shape index (κ2) is 8.38. The van der Waals surface area contributed by atoms with Crippen LogP contribution in [0, 0.1) is 0 Å². The maximum atomic E-state index is 10.2. The van der Waals surface area contributed by atoms with E-state index in [1.165, 1.54) is 0 Å². The minimum atomic E-state index is -0.301. The van der Waals surface area contributed by atoms with Crippen LogP contribution in [0.15, 0.2) is 61.1 Å². The predicted octanol–water partition coefficient (Wildman–Crippen LogP) is 5.26. The number of nitrogens with one attached hydrogen (secondary N) is 1. The van der Waals surface area contributed by atoms with Crippen molar-refractivity contribution in [1.82, 2.24) is 15.0 Å². The van der Waals surface area contributed by atoms with E-state index in [0.717, 1.165) is 63.8 Å². The number of hydrogen-bond donors (Lipinski definition) is 2. The Labute approximate surface area is 178 Å². The van der Waals surface area contributed by atoms with E-state index < -0.39 is 0 Å². The van der Waals surface area contributed by atoms with Crippen LogP contribution in [-0.4, -0.2) is 32.2 Å². The van der Waals surface area contributed by atoms with Crippen LogP contribution in [0.25, 0.3) is 21.5 Å². The van der Waals surface area contributed by atoms with Crippen LogP contribution in [0.5, 0.6) is 11.5 Å². The van der Waals surface area contributed by atoms with Gasteiger partial charge in [-0.3, -0.25) is 9.97 Å². The van der Waals surface area contributed by atoms with Crippen LogP contribution in [0.3, 0.4) is 0 Å². The fraction of sp³-hybridized carbons (Fsp3) is 0.261. The average Bonchev–Trinajstić information content (AvgIpc) is 3.18. The Kier molecular flexibility index (Phi) is 5.29. The maximum Gasteiger partial charge on any atom is 0.184 e. The van der Waals surface area contributed by atoms with Gasteiger partial charge in [0.2, 0.25) is 0 Å². The lowest BCUT2D eigenvalue weighted by molar-refractivity contribution is 0.116. The number of anilines is 1. The van der Waals surface area contributed by atoms with Gasteiger partial charge in [-0.25, -0.2) is 4.98 Å². The zero-order chi connectivity index (χ0) is 20.3. The first-order valence-corrected chi connectivity index (χ1v) is 11.0. The van der Waals surface area contributed by atoms with Gasteiger partial charge in [0.15, 0.2) is 5.13 Å². The first kappa shape index (κ1) is 19.0. The van der Waals surface area contributed by atoms with Crippen LogP contribution in [0.4, 0.5) is 5.13 Å². The van der Waals surface area contributed by atoms with E-state index in [1.807, 2.05) is 42.5 Å². The van der Waals surface area contributed by atoms with Gasteiger partial charge in [-0.2, -0.15) is 0 Å². The van der Waals surface area contributed by atoms with Gasteiger partial charge in [-0.05, 0) is 43.2 Å². The topological polar surface area (TPSA) is 80.2 Å². The van der Waals surface area contributed by atoms with E-state index in [4.69, 9.17) is 4.74 Å². The summed E-state index contributed by atoms with van der Waals surface area (Å²) in [4.78, 5) is 13.2. The molecule has 5 rings (SSSR count). The van der Waals surface area contributed by atoms with Gasteiger partial charge in [0.25, 0.3) is 0 Å². The fourth-order valence-electron chi connectivity index (χ4n) is 3.75. The van der Waals surface area contributed by atoms with Crippen molar-refractivity contribution in [3.63, 3.8) is 0 Å². The molecule has 7 heteroatoms. The SMILES string of the molecule is O[C@@H]1CCCC[C@H]1Nc1nc2ccc(Oc3ccnc(-c4cccnc4)c3)cc2s1. The van der Waals surface area contributed by atoms with Gasteiger partial charge in [-0.1, -0.05) is 24.2 Å². The van der Waals surface area contributed by atoms with E-state index in [0.29, 0.717) is 0 Å². The van der Waals surface area contributed by atoms with Gasteiger partial charge in [0, 0.05) is 36.3 Å². The normalized spacial score (nSPS) is 19.0. The number of fused-ring (bicyclic) bond motifs is 1. The molecule has 4 aromatic rings. The highest BCUT2D eigenvalue weighted by Gasteiger charge is 2.23. The van der Waals surface area contributed by atoms with Crippen molar-refractivity contribution in [3.05, 3.63) is 61.1 Å². The van der Waals surface area contributed by atoms with Gasteiger partial charge < -0.3 is 15.2 Å². The zero-order valence-corrected chi connectivity index (χ0v) is 17.2. The molecule has 152 valence electrons. The number of aliphatic hydroxyl groups excluding tert-OH is 1. The highest BCUT2D eigenvalue weighted by Crippen LogP contribution is 2.33. The summed E-state index contributed by atoms with van der Waals surface area (Å²) in [6.45, 7) is 0. The Bertz CT molecular complexity index is 1150. The first-order valence-electron chi connectivity index (χ1n) is 10.1. The van der Waals surface area contributed by atoms with Gasteiger partial charge in [-0.15, -0.1) is 0 Å². The highest BCUT2D eigenvalue weighted by atomic mass is 32.1. The molecule has 30 heavy (non-hydrogen) atoms. The molecule has 1 aliphatic rings. The summed E-state index contributed by atoms with van der Waals surface area (Å²) in [5.74, 6) is 1.47. The van der Waals surface area contributed by atoms with Crippen molar-refractivity contribution in [2.24, 2.45) is 0 Å². The molecule has 0 spiro atoms. The number of pyridine rings is 2. The second-order valence-corrected chi connectivity index (χ2v) is 8.50. The van der Waals surface area contributed by atoms with Crippen molar-refractivity contribution >= 4 is 26.7 Å². The smallest absolute Gasteiger partial charge is 0.184 e. The quantitative estimate of drug-likeness (QED) is 0.460. The molecule has 2 N–H and O–H groups in total. The number of aliphatic hydroxyl groups is 1. The molecule has 1 fully saturated rings. The van der Waals surface area contributed by atoms with Crippen LogP contribution in [0.2, 0.25) is 0 Å². The van der Waals surface area contributed by atoms with Crippen molar-refractivity contribution in [3.8, 4) is 22.8 Å². The molecule has 0 amide bonds. The lowest BCUT2D eigenvalue weighted by atomic mass is 9.93. The molecule has 6 nitrogen and oxygen atoms in total. The number of rotatable bonds is 5. The summed E-state index contributed by atoms with van der Waals surface area (Å²) < 4.78 is 7.13. The number of hydrogen-bond acceptors (Lipinski definition) is 7. The second-order valence-electron chi connectivity index (χ2n) is 7.47. The Morgan fingerprint density at radius 2 is 1.93 bits per heavy atom. The predicted molar refractivity (Wildman–Crippen MR) is 119 cm³/mol. The van der Waals surface area contributed by atoms with Crippen molar-refractivity contribution in [1.29, 1.82) is 0 Å². The summed E-state index contributed by atoms with van der Waals surface area (Å²) >= 11 is 1.58. The van der Waals surface area contributed by atoms with E-state index in [1.54, 1.807) is 29.9 Å². The zero-order valence-electron chi connectivity index (χ0n) is 16.4.